The largest absolute Gasteiger partial charge is 0.379 e. The Morgan fingerprint density at radius 3 is 2.32 bits per heavy atom. The molecule has 0 unspecified atom stereocenters. The fraction of sp³-hybridized carbons (Fsp3) is 0.462. The molecule has 206 valence electrons. The van der Waals surface area contributed by atoms with E-state index in [9.17, 15) is 13.2 Å². The van der Waals surface area contributed by atoms with Gasteiger partial charge in [-0.15, -0.1) is 12.4 Å². The first-order valence-corrected chi connectivity index (χ1v) is 14.9. The first kappa shape index (κ1) is 28.9. The molecular weight excluding hydrogens is 548 g/mol. The highest BCUT2D eigenvalue weighted by atomic mass is 35.5. The number of ether oxygens (including phenoxy) is 2. The van der Waals surface area contributed by atoms with Crippen molar-refractivity contribution in [1.82, 2.24) is 14.2 Å². The third kappa shape index (κ3) is 6.36. The van der Waals surface area contributed by atoms with E-state index in [1.165, 1.54) is 27.8 Å². The molecule has 1 amide bonds. The predicted molar refractivity (Wildman–Crippen MR) is 151 cm³/mol. The Labute approximate surface area is 233 Å². The van der Waals surface area contributed by atoms with Gasteiger partial charge in [-0.3, -0.25) is 14.6 Å². The van der Waals surface area contributed by atoms with Gasteiger partial charge in [0.2, 0.25) is 10.0 Å². The van der Waals surface area contributed by atoms with E-state index in [0.717, 1.165) is 55.0 Å². The van der Waals surface area contributed by atoms with Gasteiger partial charge in [0.25, 0.3) is 5.91 Å². The van der Waals surface area contributed by atoms with Gasteiger partial charge in [-0.25, -0.2) is 13.4 Å². The number of aryl methyl sites for hydroxylation is 1. The molecule has 3 heterocycles. The molecule has 0 spiro atoms. The summed E-state index contributed by atoms with van der Waals surface area (Å²) in [6.07, 6.45) is 0.796. The minimum Gasteiger partial charge on any atom is -0.379 e. The minimum absolute atomic E-state index is 0. The number of aromatic nitrogens is 1. The smallest absolute Gasteiger partial charge is 0.260 e. The van der Waals surface area contributed by atoms with Crippen LogP contribution in [-0.2, 0) is 19.5 Å². The highest BCUT2D eigenvalue weighted by molar-refractivity contribution is 7.89. The zero-order chi connectivity index (χ0) is 25.8. The van der Waals surface area contributed by atoms with Crippen LogP contribution in [-0.4, -0.2) is 94.2 Å². The lowest BCUT2D eigenvalue weighted by molar-refractivity contribution is 0.0376. The van der Waals surface area contributed by atoms with Crippen LogP contribution >= 0.6 is 23.7 Å². The lowest BCUT2D eigenvalue weighted by Gasteiger charge is -2.28. The topological polar surface area (TPSA) is 92.3 Å². The van der Waals surface area contributed by atoms with Crippen LogP contribution in [0.15, 0.2) is 47.4 Å². The third-order valence-corrected chi connectivity index (χ3v) is 9.71. The number of nitrogens with zero attached hydrogens (tertiary/aromatic N) is 4. The summed E-state index contributed by atoms with van der Waals surface area (Å²) in [6, 6.07) is 12.3. The first-order chi connectivity index (χ1) is 17.9. The van der Waals surface area contributed by atoms with Crippen molar-refractivity contribution >= 4 is 55.0 Å². The van der Waals surface area contributed by atoms with Crippen molar-refractivity contribution < 1.29 is 22.7 Å². The van der Waals surface area contributed by atoms with Gasteiger partial charge in [-0.2, -0.15) is 4.31 Å². The number of carbonyl (C=O) groups excluding carboxylic acids is 1. The van der Waals surface area contributed by atoms with E-state index in [1.54, 1.807) is 17.0 Å². The molecule has 0 atom stereocenters. The van der Waals surface area contributed by atoms with E-state index in [0.29, 0.717) is 43.5 Å². The van der Waals surface area contributed by atoms with Crippen LogP contribution in [0.5, 0.6) is 0 Å². The van der Waals surface area contributed by atoms with Crippen LogP contribution in [0.1, 0.15) is 22.3 Å². The predicted octanol–water partition coefficient (Wildman–Crippen LogP) is 3.42. The van der Waals surface area contributed by atoms with Gasteiger partial charge in [0.15, 0.2) is 5.13 Å². The van der Waals surface area contributed by atoms with E-state index in [2.05, 4.69) is 4.90 Å². The average molecular weight is 581 g/mol. The number of carbonyl (C=O) groups is 1. The monoisotopic (exact) mass is 580 g/mol. The zero-order valence-electron chi connectivity index (χ0n) is 21.4. The van der Waals surface area contributed by atoms with Crippen LogP contribution in [0.25, 0.3) is 10.2 Å². The van der Waals surface area contributed by atoms with Crippen molar-refractivity contribution in [2.45, 2.75) is 18.2 Å². The molecule has 0 saturated carbocycles. The second-order valence-electron chi connectivity index (χ2n) is 9.22. The van der Waals surface area contributed by atoms with Crippen molar-refractivity contribution in [3.05, 3.63) is 53.6 Å². The number of thiazole rings is 1. The number of amides is 1. The number of hydrogen-bond donors (Lipinski definition) is 0. The van der Waals surface area contributed by atoms with Gasteiger partial charge in [-0.05, 0) is 49.2 Å². The molecule has 2 aromatic carbocycles. The number of rotatable bonds is 8. The SMILES string of the molecule is Cc1cccc2sc(N(CCCN3CCOCC3)C(=O)c3ccc(S(=O)(=O)N4CCOCC4)cc3)nc12.Cl. The molecule has 2 saturated heterocycles. The zero-order valence-corrected chi connectivity index (χ0v) is 23.8. The van der Waals surface area contributed by atoms with E-state index >= 15 is 0 Å². The summed E-state index contributed by atoms with van der Waals surface area (Å²) in [7, 11) is -3.62. The first-order valence-electron chi connectivity index (χ1n) is 12.6. The molecule has 0 radical (unpaired) electrons. The lowest BCUT2D eigenvalue weighted by atomic mass is 10.2. The Hall–Kier alpha value is -2.12. The number of sulfonamides is 1. The summed E-state index contributed by atoms with van der Waals surface area (Å²) in [6.45, 7) is 8.10. The second kappa shape index (κ2) is 12.8. The molecule has 38 heavy (non-hydrogen) atoms. The second-order valence-corrected chi connectivity index (χ2v) is 12.2. The number of para-hydroxylation sites is 1. The highest BCUT2D eigenvalue weighted by Gasteiger charge is 2.27. The van der Waals surface area contributed by atoms with Crippen molar-refractivity contribution in [2.24, 2.45) is 0 Å². The molecule has 2 aliphatic rings. The molecule has 0 bridgehead atoms. The lowest BCUT2D eigenvalue weighted by Crippen LogP contribution is -2.40. The van der Waals surface area contributed by atoms with E-state index in [4.69, 9.17) is 14.5 Å². The Bertz CT molecular complexity index is 1340. The van der Waals surface area contributed by atoms with Gasteiger partial charge >= 0.3 is 0 Å². The summed E-state index contributed by atoms with van der Waals surface area (Å²) in [5.74, 6) is -0.186. The van der Waals surface area contributed by atoms with Crippen LogP contribution in [0.4, 0.5) is 5.13 Å². The summed E-state index contributed by atoms with van der Waals surface area (Å²) >= 11 is 1.50. The maximum atomic E-state index is 13.7. The number of fused-ring (bicyclic) bond motifs is 1. The molecule has 1 aromatic heterocycles. The maximum absolute atomic E-state index is 13.7. The Morgan fingerprint density at radius 2 is 1.66 bits per heavy atom. The van der Waals surface area contributed by atoms with E-state index < -0.39 is 10.0 Å². The average Bonchev–Trinajstić information content (AvgIpc) is 3.37. The van der Waals surface area contributed by atoms with Gasteiger partial charge in [0.05, 0.1) is 41.5 Å². The number of hydrogen-bond acceptors (Lipinski definition) is 8. The molecule has 3 aromatic rings. The van der Waals surface area contributed by atoms with E-state index in [-0.39, 0.29) is 23.2 Å². The number of anilines is 1. The van der Waals surface area contributed by atoms with Crippen LogP contribution < -0.4 is 4.90 Å². The Kier molecular flexibility index (Phi) is 9.74. The molecule has 2 fully saturated rings. The maximum Gasteiger partial charge on any atom is 0.260 e. The van der Waals surface area contributed by atoms with Gasteiger partial charge in [-0.1, -0.05) is 23.5 Å². The molecule has 2 aliphatic heterocycles. The quantitative estimate of drug-likeness (QED) is 0.403. The Balaban J connectivity index is 0.00000336. The van der Waals surface area contributed by atoms with Crippen LogP contribution in [0.3, 0.4) is 0 Å². The van der Waals surface area contributed by atoms with Gasteiger partial charge < -0.3 is 9.47 Å². The summed E-state index contributed by atoms with van der Waals surface area (Å²) in [5, 5.41) is 0.654. The molecule has 0 N–H and O–H groups in total. The van der Waals surface area contributed by atoms with Gasteiger partial charge in [0.1, 0.15) is 0 Å². The van der Waals surface area contributed by atoms with Crippen molar-refractivity contribution in [3.63, 3.8) is 0 Å². The molecule has 12 heteroatoms. The molecule has 5 rings (SSSR count). The molecule has 9 nitrogen and oxygen atoms in total. The Morgan fingerprint density at radius 1 is 1.00 bits per heavy atom. The van der Waals surface area contributed by atoms with E-state index in [1.807, 2.05) is 25.1 Å². The minimum atomic E-state index is -3.62. The van der Waals surface area contributed by atoms with Crippen LogP contribution in [0.2, 0.25) is 0 Å². The molecular formula is C26H33ClN4O5S2. The van der Waals surface area contributed by atoms with Crippen LogP contribution in [0, 0.1) is 6.92 Å². The summed E-state index contributed by atoms with van der Waals surface area (Å²) < 4.78 is 39.2. The fourth-order valence-corrected chi connectivity index (χ4v) is 7.09. The molecule has 0 aliphatic carbocycles. The fourth-order valence-electron chi connectivity index (χ4n) is 4.61. The standard InChI is InChI=1S/C26H32N4O5S2.ClH/c1-20-4-2-5-23-24(20)27-26(36-23)30(11-3-10-28-12-16-34-17-13-28)25(31)21-6-8-22(9-7-21)37(32,33)29-14-18-35-19-15-29;/h2,4-9H,3,10-19H2,1H3;1H. The number of morpholine rings is 2. The van der Waals surface area contributed by atoms with Gasteiger partial charge in [0, 0.05) is 44.8 Å². The third-order valence-electron chi connectivity index (χ3n) is 6.75. The van der Waals surface area contributed by atoms with Crippen molar-refractivity contribution in [1.29, 1.82) is 0 Å². The van der Waals surface area contributed by atoms with Crippen molar-refractivity contribution in [2.75, 3.05) is 70.6 Å². The van der Waals surface area contributed by atoms with Crippen molar-refractivity contribution in [3.8, 4) is 0 Å². The highest BCUT2D eigenvalue weighted by Crippen LogP contribution is 2.32. The summed E-state index contributed by atoms with van der Waals surface area (Å²) in [5.41, 5.74) is 2.40. The normalized spacial score (nSPS) is 17.3. The number of halogens is 1. The summed E-state index contributed by atoms with van der Waals surface area (Å²) in [4.78, 5) is 22.8. The number of benzene rings is 2.